The van der Waals surface area contributed by atoms with Gasteiger partial charge in [0.1, 0.15) is 17.5 Å². The number of aromatic hydroxyl groups is 1. The van der Waals surface area contributed by atoms with E-state index in [1.807, 2.05) is 0 Å². The second-order valence-corrected chi connectivity index (χ2v) is 9.64. The number of ether oxygens (including phenoxy) is 4. The standard InChI is InChI=1S/C29H30N2O7S/c1-7-9-18-12-17(13-22(37-6)26(18)32)14-23-27(33)31-25(20-11-10-19(35-4)15-21(20)36-5)24(28(34)38-8-2)16(3)30-29(31)39-23/h7,10-15,25,32H,1,8-9H2,2-6H3/t25-/m1/s1. The second-order valence-electron chi connectivity index (χ2n) is 8.63. The van der Waals surface area contributed by atoms with Crippen LogP contribution in [0.15, 0.2) is 64.0 Å². The molecule has 2 heterocycles. The number of aromatic nitrogens is 1. The fraction of sp³-hybridized carbons (Fsp3) is 0.276. The van der Waals surface area contributed by atoms with Gasteiger partial charge in [-0.2, -0.15) is 0 Å². The number of hydrogen-bond acceptors (Lipinski definition) is 9. The van der Waals surface area contributed by atoms with Gasteiger partial charge in [0.15, 0.2) is 16.3 Å². The molecule has 1 N–H and O–H groups in total. The van der Waals surface area contributed by atoms with Gasteiger partial charge in [0.2, 0.25) is 0 Å². The van der Waals surface area contributed by atoms with Crippen LogP contribution in [0.4, 0.5) is 0 Å². The lowest BCUT2D eigenvalue weighted by molar-refractivity contribution is -0.139. The minimum Gasteiger partial charge on any atom is -0.504 e. The summed E-state index contributed by atoms with van der Waals surface area (Å²) in [7, 11) is 4.53. The van der Waals surface area contributed by atoms with E-state index in [2.05, 4.69) is 11.6 Å². The molecule has 0 bridgehead atoms. The van der Waals surface area contributed by atoms with E-state index < -0.39 is 12.0 Å². The van der Waals surface area contributed by atoms with Crippen LogP contribution in [0.2, 0.25) is 0 Å². The predicted molar refractivity (Wildman–Crippen MR) is 149 cm³/mol. The van der Waals surface area contributed by atoms with Crippen molar-refractivity contribution in [3.63, 3.8) is 0 Å². The normalized spacial score (nSPS) is 14.9. The molecule has 1 aliphatic rings. The molecule has 0 saturated carbocycles. The van der Waals surface area contributed by atoms with Gasteiger partial charge in [0.05, 0.1) is 43.7 Å². The number of allylic oxidation sites excluding steroid dienone is 2. The fourth-order valence-electron chi connectivity index (χ4n) is 4.52. The number of phenols is 1. The first-order chi connectivity index (χ1) is 18.8. The van der Waals surface area contributed by atoms with E-state index in [1.165, 1.54) is 30.1 Å². The maximum Gasteiger partial charge on any atom is 0.338 e. The Balaban J connectivity index is 1.99. The zero-order valence-corrected chi connectivity index (χ0v) is 23.3. The first kappa shape index (κ1) is 27.7. The third-order valence-electron chi connectivity index (χ3n) is 6.31. The van der Waals surface area contributed by atoms with Crippen LogP contribution in [-0.4, -0.2) is 43.6 Å². The van der Waals surface area contributed by atoms with E-state index in [1.54, 1.807) is 63.4 Å². The highest BCUT2D eigenvalue weighted by Gasteiger charge is 2.35. The van der Waals surface area contributed by atoms with E-state index in [-0.39, 0.29) is 29.2 Å². The molecular formula is C29H30N2O7S. The minimum atomic E-state index is -0.839. The highest BCUT2D eigenvalue weighted by atomic mass is 32.1. The summed E-state index contributed by atoms with van der Waals surface area (Å²) in [5.41, 5.74) is 2.22. The number of hydrogen-bond donors (Lipinski definition) is 1. The van der Waals surface area contributed by atoms with Gasteiger partial charge in [-0.3, -0.25) is 9.36 Å². The lowest BCUT2D eigenvalue weighted by Gasteiger charge is -2.26. The molecule has 1 aliphatic heterocycles. The molecule has 0 aliphatic carbocycles. The van der Waals surface area contributed by atoms with Crippen molar-refractivity contribution < 1.29 is 28.8 Å². The van der Waals surface area contributed by atoms with Gasteiger partial charge in [-0.1, -0.05) is 17.4 Å². The van der Waals surface area contributed by atoms with E-state index in [0.29, 0.717) is 49.6 Å². The maximum absolute atomic E-state index is 13.9. The number of benzene rings is 2. The Bertz CT molecular complexity index is 1650. The van der Waals surface area contributed by atoms with Crippen LogP contribution in [-0.2, 0) is 16.0 Å². The number of rotatable bonds is 9. The number of carbonyl (C=O) groups excluding carboxylic acids is 1. The van der Waals surface area contributed by atoms with Gasteiger partial charge in [-0.25, -0.2) is 9.79 Å². The third kappa shape index (κ3) is 5.20. The topological polar surface area (TPSA) is 109 Å². The molecule has 0 spiro atoms. The summed E-state index contributed by atoms with van der Waals surface area (Å²) < 4.78 is 23.6. The van der Waals surface area contributed by atoms with Gasteiger partial charge in [-0.05, 0) is 56.2 Å². The van der Waals surface area contributed by atoms with E-state index in [4.69, 9.17) is 18.9 Å². The van der Waals surface area contributed by atoms with Crippen LogP contribution in [0.25, 0.3) is 6.08 Å². The number of carbonyl (C=O) groups is 1. The summed E-state index contributed by atoms with van der Waals surface area (Å²) in [6.45, 7) is 7.35. The Morgan fingerprint density at radius 2 is 1.90 bits per heavy atom. The average molecular weight is 551 g/mol. The Morgan fingerprint density at radius 3 is 2.54 bits per heavy atom. The zero-order chi connectivity index (χ0) is 28.3. The van der Waals surface area contributed by atoms with E-state index in [0.717, 1.165) is 0 Å². The SMILES string of the molecule is C=CCc1cc(C=c2sc3n(c2=O)[C@H](c2ccc(OC)cc2OC)C(C(=O)OCC)=C(C)N=3)cc(OC)c1O. The van der Waals surface area contributed by atoms with Crippen LogP contribution >= 0.6 is 11.3 Å². The van der Waals surface area contributed by atoms with Gasteiger partial charge in [0, 0.05) is 17.2 Å². The molecule has 3 aromatic rings. The van der Waals surface area contributed by atoms with Crippen LogP contribution in [0.3, 0.4) is 0 Å². The minimum absolute atomic E-state index is 0.0253. The van der Waals surface area contributed by atoms with Crippen LogP contribution in [0, 0.1) is 0 Å². The van der Waals surface area contributed by atoms with E-state index >= 15 is 0 Å². The largest absolute Gasteiger partial charge is 0.504 e. The number of nitrogens with zero attached hydrogens (tertiary/aromatic N) is 2. The van der Waals surface area contributed by atoms with Gasteiger partial charge in [-0.15, -0.1) is 6.58 Å². The van der Waals surface area contributed by atoms with Gasteiger partial charge in [0.25, 0.3) is 5.56 Å². The Hall–Kier alpha value is -4.31. The average Bonchev–Trinajstić information content (AvgIpc) is 3.23. The highest BCUT2D eigenvalue weighted by molar-refractivity contribution is 7.07. The third-order valence-corrected chi connectivity index (χ3v) is 7.29. The van der Waals surface area contributed by atoms with E-state index in [9.17, 15) is 14.7 Å². The zero-order valence-electron chi connectivity index (χ0n) is 22.4. The van der Waals surface area contributed by atoms with Crippen LogP contribution < -0.4 is 29.1 Å². The van der Waals surface area contributed by atoms with Crippen molar-refractivity contribution in [2.45, 2.75) is 26.3 Å². The molecule has 0 saturated heterocycles. The number of phenolic OH excluding ortho intramolecular Hbond substituents is 1. The number of thiazole rings is 1. The summed E-state index contributed by atoms with van der Waals surface area (Å²) in [5.74, 6) is 0.765. The van der Waals surface area contributed by atoms with Gasteiger partial charge < -0.3 is 24.1 Å². The molecule has 1 atom stereocenters. The van der Waals surface area contributed by atoms with Crippen LogP contribution in [0.1, 0.15) is 36.6 Å². The number of fused-ring (bicyclic) bond motifs is 1. The molecule has 0 fully saturated rings. The van der Waals surface area contributed by atoms with Crippen molar-refractivity contribution in [3.05, 3.63) is 90.6 Å². The molecule has 1 aromatic heterocycles. The summed E-state index contributed by atoms with van der Waals surface area (Å²) in [4.78, 5) is 32.1. The number of esters is 1. The molecule has 0 unspecified atom stereocenters. The summed E-state index contributed by atoms with van der Waals surface area (Å²) >= 11 is 1.20. The summed E-state index contributed by atoms with van der Waals surface area (Å²) in [6.07, 6.45) is 3.81. The quantitative estimate of drug-likeness (QED) is 0.322. The van der Waals surface area contributed by atoms with Crippen molar-refractivity contribution in [1.29, 1.82) is 0 Å². The fourth-order valence-corrected chi connectivity index (χ4v) is 5.57. The first-order valence-corrected chi connectivity index (χ1v) is 13.0. The highest BCUT2D eigenvalue weighted by Crippen LogP contribution is 2.38. The lowest BCUT2D eigenvalue weighted by atomic mass is 9.95. The molecule has 4 rings (SSSR count). The Morgan fingerprint density at radius 1 is 1.15 bits per heavy atom. The molecule has 2 aromatic carbocycles. The molecule has 0 radical (unpaired) electrons. The maximum atomic E-state index is 13.9. The van der Waals surface area contributed by atoms with Crippen molar-refractivity contribution in [2.24, 2.45) is 4.99 Å². The Kier molecular flexibility index (Phi) is 8.25. The second kappa shape index (κ2) is 11.6. The van der Waals surface area contributed by atoms with Crippen LogP contribution in [0.5, 0.6) is 23.0 Å². The van der Waals surface area contributed by atoms with Crippen molar-refractivity contribution >= 4 is 23.4 Å². The summed E-state index contributed by atoms with van der Waals surface area (Å²) in [5, 5.41) is 10.5. The molecule has 204 valence electrons. The monoisotopic (exact) mass is 550 g/mol. The van der Waals surface area contributed by atoms with Crippen molar-refractivity contribution in [1.82, 2.24) is 4.57 Å². The lowest BCUT2D eigenvalue weighted by Crippen LogP contribution is -2.40. The Labute approximate surface area is 229 Å². The van der Waals surface area contributed by atoms with Crippen molar-refractivity contribution in [2.75, 3.05) is 27.9 Å². The smallest absolute Gasteiger partial charge is 0.338 e. The molecule has 0 amide bonds. The molecule has 10 heteroatoms. The molecule has 39 heavy (non-hydrogen) atoms. The predicted octanol–water partition coefficient (Wildman–Crippen LogP) is 3.26. The van der Waals surface area contributed by atoms with Gasteiger partial charge >= 0.3 is 5.97 Å². The molecular weight excluding hydrogens is 520 g/mol. The summed E-state index contributed by atoms with van der Waals surface area (Å²) in [6, 6.07) is 7.80. The van der Waals surface area contributed by atoms with Crippen molar-refractivity contribution in [3.8, 4) is 23.0 Å². The molecule has 9 nitrogen and oxygen atoms in total. The number of methoxy groups -OCH3 is 3. The first-order valence-electron chi connectivity index (χ1n) is 12.2.